The molecule has 1 aromatic rings. The summed E-state index contributed by atoms with van der Waals surface area (Å²) in [7, 11) is 0. The van der Waals surface area contributed by atoms with Crippen LogP contribution in [0.4, 0.5) is 5.13 Å². The number of nitrogens with two attached hydrogens (primary N) is 1. The van der Waals surface area contributed by atoms with Crippen LogP contribution in [0.25, 0.3) is 0 Å². The standard InChI is InChI=1S/C11H16N4OS/c12-11(1-2-11)9(16)14-4-6-15(7-5-14)10-13-3-8-17-10/h3,8H,1-2,4-7,12H2. The van der Waals surface area contributed by atoms with Crippen molar-refractivity contribution in [2.45, 2.75) is 18.4 Å². The highest BCUT2D eigenvalue weighted by Gasteiger charge is 2.48. The molecule has 2 N–H and O–H groups in total. The van der Waals surface area contributed by atoms with E-state index >= 15 is 0 Å². The molecule has 0 atom stereocenters. The summed E-state index contributed by atoms with van der Waals surface area (Å²) >= 11 is 1.64. The van der Waals surface area contributed by atoms with E-state index in [1.54, 1.807) is 11.3 Å². The van der Waals surface area contributed by atoms with E-state index in [9.17, 15) is 4.79 Å². The second-order valence-corrected chi connectivity index (χ2v) is 5.62. The highest BCUT2D eigenvalue weighted by Crippen LogP contribution is 2.34. The van der Waals surface area contributed by atoms with Crippen molar-refractivity contribution in [2.24, 2.45) is 5.73 Å². The number of carbonyl (C=O) groups excluding carboxylic acids is 1. The Morgan fingerprint density at radius 1 is 1.35 bits per heavy atom. The van der Waals surface area contributed by atoms with Crippen molar-refractivity contribution in [2.75, 3.05) is 31.1 Å². The zero-order chi connectivity index (χ0) is 11.9. The van der Waals surface area contributed by atoms with Gasteiger partial charge in [-0.3, -0.25) is 4.79 Å². The summed E-state index contributed by atoms with van der Waals surface area (Å²) in [5.41, 5.74) is 5.41. The molecule has 2 fully saturated rings. The van der Waals surface area contributed by atoms with Crippen molar-refractivity contribution in [3.05, 3.63) is 11.6 Å². The van der Waals surface area contributed by atoms with E-state index < -0.39 is 5.54 Å². The highest BCUT2D eigenvalue weighted by molar-refractivity contribution is 7.13. The minimum absolute atomic E-state index is 0.135. The van der Waals surface area contributed by atoms with Crippen LogP contribution in [0.5, 0.6) is 0 Å². The Morgan fingerprint density at radius 2 is 2.06 bits per heavy atom. The summed E-state index contributed by atoms with van der Waals surface area (Å²) in [6.07, 6.45) is 3.51. The Bertz CT molecular complexity index is 407. The molecule has 17 heavy (non-hydrogen) atoms. The SMILES string of the molecule is NC1(C(=O)N2CCN(c3nccs3)CC2)CC1. The lowest BCUT2D eigenvalue weighted by atomic mass is 10.2. The summed E-state index contributed by atoms with van der Waals surface area (Å²) in [5.74, 6) is 0.135. The average molecular weight is 252 g/mol. The average Bonchev–Trinajstić information content (AvgIpc) is 2.91. The van der Waals surface area contributed by atoms with Crippen molar-refractivity contribution in [1.82, 2.24) is 9.88 Å². The predicted octanol–water partition coefficient (Wildman–Crippen LogP) is 0.283. The molecule has 0 unspecified atom stereocenters. The molecule has 0 aromatic carbocycles. The van der Waals surface area contributed by atoms with Crippen LogP contribution < -0.4 is 10.6 Å². The fraction of sp³-hybridized carbons (Fsp3) is 0.636. The lowest BCUT2D eigenvalue weighted by Crippen LogP contribution is -2.54. The molecule has 2 aliphatic rings. The highest BCUT2D eigenvalue weighted by atomic mass is 32.1. The summed E-state index contributed by atoms with van der Waals surface area (Å²) in [6.45, 7) is 3.24. The van der Waals surface area contributed by atoms with Gasteiger partial charge in [-0.15, -0.1) is 11.3 Å². The molecule has 92 valence electrons. The molecule has 2 heterocycles. The zero-order valence-corrected chi connectivity index (χ0v) is 10.4. The topological polar surface area (TPSA) is 62.5 Å². The van der Waals surface area contributed by atoms with Gasteiger partial charge in [-0.25, -0.2) is 4.98 Å². The number of anilines is 1. The molecule has 3 rings (SSSR count). The van der Waals surface area contributed by atoms with Gasteiger partial charge in [0.05, 0.1) is 5.54 Å². The van der Waals surface area contributed by atoms with Gasteiger partial charge in [-0.05, 0) is 12.8 Å². The van der Waals surface area contributed by atoms with Gasteiger partial charge in [0.1, 0.15) is 0 Å². The monoisotopic (exact) mass is 252 g/mol. The van der Waals surface area contributed by atoms with Gasteiger partial charge in [0, 0.05) is 37.8 Å². The fourth-order valence-electron chi connectivity index (χ4n) is 2.14. The molecule has 1 aromatic heterocycles. The molecular weight excluding hydrogens is 236 g/mol. The number of carbonyl (C=O) groups is 1. The normalized spacial score (nSPS) is 22.6. The summed E-state index contributed by atoms with van der Waals surface area (Å²) < 4.78 is 0. The third kappa shape index (κ3) is 2.02. The van der Waals surface area contributed by atoms with Gasteiger partial charge in [0.2, 0.25) is 5.91 Å². The van der Waals surface area contributed by atoms with Crippen molar-refractivity contribution in [3.63, 3.8) is 0 Å². The van der Waals surface area contributed by atoms with Crippen LogP contribution in [-0.2, 0) is 4.79 Å². The molecule has 0 spiro atoms. The van der Waals surface area contributed by atoms with Gasteiger partial charge in [0.15, 0.2) is 5.13 Å². The molecule has 1 aliphatic carbocycles. The third-order valence-electron chi connectivity index (χ3n) is 3.47. The number of amides is 1. The summed E-state index contributed by atoms with van der Waals surface area (Å²) in [5, 5.41) is 3.03. The first kappa shape index (κ1) is 11.0. The predicted molar refractivity (Wildman–Crippen MR) is 67.1 cm³/mol. The van der Waals surface area contributed by atoms with Gasteiger partial charge >= 0.3 is 0 Å². The Labute approximate surface area is 104 Å². The number of hydrogen-bond donors (Lipinski definition) is 1. The molecule has 1 amide bonds. The van der Waals surface area contributed by atoms with E-state index in [0.29, 0.717) is 0 Å². The molecular formula is C11H16N4OS. The lowest BCUT2D eigenvalue weighted by molar-refractivity contribution is -0.133. The maximum atomic E-state index is 12.0. The largest absolute Gasteiger partial charge is 0.345 e. The second kappa shape index (κ2) is 3.96. The van der Waals surface area contributed by atoms with Crippen LogP contribution in [0, 0.1) is 0 Å². The van der Waals surface area contributed by atoms with Crippen molar-refractivity contribution in [3.8, 4) is 0 Å². The first-order chi connectivity index (χ1) is 8.19. The molecule has 0 radical (unpaired) electrons. The quantitative estimate of drug-likeness (QED) is 0.821. The first-order valence-electron chi connectivity index (χ1n) is 5.92. The van der Waals surface area contributed by atoms with Gasteiger partial charge < -0.3 is 15.5 Å². The Kier molecular flexibility index (Phi) is 2.56. The molecule has 6 heteroatoms. The Morgan fingerprint density at radius 3 is 2.59 bits per heavy atom. The Hall–Kier alpha value is -1.14. The Balaban J connectivity index is 1.59. The second-order valence-electron chi connectivity index (χ2n) is 4.75. The molecule has 5 nitrogen and oxygen atoms in total. The van der Waals surface area contributed by atoms with Gasteiger partial charge in [0.25, 0.3) is 0 Å². The van der Waals surface area contributed by atoms with Crippen LogP contribution >= 0.6 is 11.3 Å². The van der Waals surface area contributed by atoms with E-state index in [2.05, 4.69) is 9.88 Å². The third-order valence-corrected chi connectivity index (χ3v) is 4.30. The number of aromatic nitrogens is 1. The number of rotatable bonds is 2. The minimum Gasteiger partial charge on any atom is -0.345 e. The maximum absolute atomic E-state index is 12.0. The van der Waals surface area contributed by atoms with E-state index in [1.807, 2.05) is 16.5 Å². The zero-order valence-electron chi connectivity index (χ0n) is 9.63. The number of piperazine rings is 1. The first-order valence-corrected chi connectivity index (χ1v) is 6.80. The number of hydrogen-bond acceptors (Lipinski definition) is 5. The number of thiazole rings is 1. The van der Waals surface area contributed by atoms with Crippen LogP contribution in [0.2, 0.25) is 0 Å². The van der Waals surface area contributed by atoms with Crippen LogP contribution in [0.3, 0.4) is 0 Å². The van der Waals surface area contributed by atoms with E-state index in [0.717, 1.165) is 44.2 Å². The van der Waals surface area contributed by atoms with E-state index in [4.69, 9.17) is 5.73 Å². The minimum atomic E-state index is -0.524. The van der Waals surface area contributed by atoms with Crippen LogP contribution in [0.15, 0.2) is 11.6 Å². The van der Waals surface area contributed by atoms with Gasteiger partial charge in [-0.1, -0.05) is 0 Å². The molecule has 1 saturated heterocycles. The lowest BCUT2D eigenvalue weighted by Gasteiger charge is -2.35. The summed E-state index contributed by atoms with van der Waals surface area (Å²) in [6, 6.07) is 0. The van der Waals surface area contributed by atoms with Crippen molar-refractivity contribution in [1.29, 1.82) is 0 Å². The molecule has 1 saturated carbocycles. The maximum Gasteiger partial charge on any atom is 0.242 e. The van der Waals surface area contributed by atoms with Crippen LogP contribution in [0.1, 0.15) is 12.8 Å². The van der Waals surface area contributed by atoms with E-state index in [-0.39, 0.29) is 5.91 Å². The van der Waals surface area contributed by atoms with Gasteiger partial charge in [-0.2, -0.15) is 0 Å². The summed E-state index contributed by atoms with van der Waals surface area (Å²) in [4.78, 5) is 20.5. The molecule has 1 aliphatic heterocycles. The molecule has 0 bridgehead atoms. The van der Waals surface area contributed by atoms with E-state index in [1.165, 1.54) is 0 Å². The van der Waals surface area contributed by atoms with Crippen molar-refractivity contribution < 1.29 is 4.79 Å². The number of nitrogens with zero attached hydrogens (tertiary/aromatic N) is 3. The van der Waals surface area contributed by atoms with Crippen LogP contribution in [-0.4, -0.2) is 47.5 Å². The van der Waals surface area contributed by atoms with Crippen molar-refractivity contribution >= 4 is 22.4 Å². The fourth-order valence-corrected chi connectivity index (χ4v) is 2.83. The smallest absolute Gasteiger partial charge is 0.242 e.